The lowest BCUT2D eigenvalue weighted by Crippen LogP contribution is -2.32. The van der Waals surface area contributed by atoms with Gasteiger partial charge < -0.3 is 10.1 Å². The van der Waals surface area contributed by atoms with Crippen molar-refractivity contribution in [1.82, 2.24) is 10.3 Å². The van der Waals surface area contributed by atoms with Gasteiger partial charge in [-0.1, -0.05) is 13.8 Å². The van der Waals surface area contributed by atoms with Crippen LogP contribution in [0.3, 0.4) is 0 Å². The molecule has 0 aromatic carbocycles. The van der Waals surface area contributed by atoms with Crippen LogP contribution in [-0.4, -0.2) is 30.6 Å². The smallest absolute Gasteiger partial charge is 0.253 e. The van der Waals surface area contributed by atoms with Gasteiger partial charge in [0.25, 0.3) is 5.91 Å². The number of rotatable bonds is 4. The standard InChI is InChI=1S/C15H22N2O2/c1-11(2)13-3-6-16-10-14(13)15(18)17-9-12-4-7-19-8-5-12/h3,6,10-12H,4-5,7-9H2,1-2H3,(H,17,18). The first-order valence-electron chi connectivity index (χ1n) is 6.98. The van der Waals surface area contributed by atoms with Crippen molar-refractivity contribution in [3.05, 3.63) is 29.6 Å². The van der Waals surface area contributed by atoms with Crippen LogP contribution in [0.1, 0.15) is 48.5 Å². The molecule has 0 spiro atoms. The molecule has 1 amide bonds. The summed E-state index contributed by atoms with van der Waals surface area (Å²) >= 11 is 0. The molecule has 0 radical (unpaired) electrons. The molecular weight excluding hydrogens is 240 g/mol. The Hall–Kier alpha value is -1.42. The van der Waals surface area contributed by atoms with E-state index in [1.54, 1.807) is 12.4 Å². The number of carbonyl (C=O) groups is 1. The third-order valence-corrected chi connectivity index (χ3v) is 3.61. The Kier molecular flexibility index (Phi) is 4.91. The fraction of sp³-hybridized carbons (Fsp3) is 0.600. The number of nitrogens with one attached hydrogen (secondary N) is 1. The Morgan fingerprint density at radius 2 is 2.21 bits per heavy atom. The molecule has 4 nitrogen and oxygen atoms in total. The molecule has 1 saturated heterocycles. The maximum Gasteiger partial charge on any atom is 0.253 e. The van der Waals surface area contributed by atoms with Crippen LogP contribution in [0.5, 0.6) is 0 Å². The van der Waals surface area contributed by atoms with Crippen molar-refractivity contribution in [2.24, 2.45) is 5.92 Å². The average molecular weight is 262 g/mol. The molecule has 0 unspecified atom stereocenters. The van der Waals surface area contributed by atoms with E-state index in [-0.39, 0.29) is 5.91 Å². The van der Waals surface area contributed by atoms with Gasteiger partial charge >= 0.3 is 0 Å². The fourth-order valence-electron chi connectivity index (χ4n) is 2.38. The highest BCUT2D eigenvalue weighted by atomic mass is 16.5. The molecule has 1 N–H and O–H groups in total. The summed E-state index contributed by atoms with van der Waals surface area (Å²) in [6.45, 7) is 6.53. The van der Waals surface area contributed by atoms with Gasteiger partial charge in [0.15, 0.2) is 0 Å². The lowest BCUT2D eigenvalue weighted by Gasteiger charge is -2.22. The van der Waals surface area contributed by atoms with E-state index in [0.29, 0.717) is 17.4 Å². The number of hydrogen-bond donors (Lipinski definition) is 1. The van der Waals surface area contributed by atoms with E-state index in [1.165, 1.54) is 0 Å². The average Bonchev–Trinajstić information content (AvgIpc) is 2.46. The molecule has 1 fully saturated rings. The summed E-state index contributed by atoms with van der Waals surface area (Å²) in [7, 11) is 0. The fourth-order valence-corrected chi connectivity index (χ4v) is 2.38. The molecule has 19 heavy (non-hydrogen) atoms. The van der Waals surface area contributed by atoms with Crippen LogP contribution >= 0.6 is 0 Å². The molecule has 0 atom stereocenters. The van der Waals surface area contributed by atoms with Gasteiger partial charge in [0.2, 0.25) is 0 Å². The van der Waals surface area contributed by atoms with Crippen LogP contribution in [-0.2, 0) is 4.74 Å². The van der Waals surface area contributed by atoms with Gasteiger partial charge in [0.05, 0.1) is 5.56 Å². The topological polar surface area (TPSA) is 51.2 Å². The van der Waals surface area contributed by atoms with E-state index >= 15 is 0 Å². The highest BCUT2D eigenvalue weighted by Crippen LogP contribution is 2.18. The largest absolute Gasteiger partial charge is 0.381 e. The van der Waals surface area contributed by atoms with Gasteiger partial charge in [-0.2, -0.15) is 0 Å². The summed E-state index contributed by atoms with van der Waals surface area (Å²) in [5.74, 6) is 0.854. The molecule has 1 aromatic heterocycles. The van der Waals surface area contributed by atoms with Crippen molar-refractivity contribution in [3.63, 3.8) is 0 Å². The summed E-state index contributed by atoms with van der Waals surface area (Å²) in [6, 6.07) is 1.92. The number of amides is 1. The summed E-state index contributed by atoms with van der Waals surface area (Å²) in [4.78, 5) is 16.3. The Morgan fingerprint density at radius 3 is 2.89 bits per heavy atom. The zero-order valence-electron chi connectivity index (χ0n) is 11.7. The lowest BCUT2D eigenvalue weighted by atomic mass is 9.98. The molecule has 2 heterocycles. The highest BCUT2D eigenvalue weighted by Gasteiger charge is 2.17. The van der Waals surface area contributed by atoms with Gasteiger partial charge in [-0.3, -0.25) is 9.78 Å². The third-order valence-electron chi connectivity index (χ3n) is 3.61. The molecule has 0 aliphatic carbocycles. The minimum absolute atomic E-state index is 0.0108. The first-order valence-corrected chi connectivity index (χ1v) is 6.98. The van der Waals surface area contributed by atoms with Gasteiger partial charge in [0.1, 0.15) is 0 Å². The van der Waals surface area contributed by atoms with Crippen molar-refractivity contribution >= 4 is 5.91 Å². The summed E-state index contributed by atoms with van der Waals surface area (Å²) < 4.78 is 5.32. The minimum Gasteiger partial charge on any atom is -0.381 e. The predicted octanol–water partition coefficient (Wildman–Crippen LogP) is 2.36. The molecule has 0 bridgehead atoms. The van der Waals surface area contributed by atoms with Crippen LogP contribution in [0.2, 0.25) is 0 Å². The van der Waals surface area contributed by atoms with Crippen molar-refractivity contribution in [1.29, 1.82) is 0 Å². The first kappa shape index (κ1) is 14.0. The van der Waals surface area contributed by atoms with E-state index in [0.717, 1.165) is 38.2 Å². The number of ether oxygens (including phenoxy) is 1. The summed E-state index contributed by atoms with van der Waals surface area (Å²) in [5.41, 5.74) is 1.75. The van der Waals surface area contributed by atoms with E-state index in [2.05, 4.69) is 24.1 Å². The third kappa shape index (κ3) is 3.77. The monoisotopic (exact) mass is 262 g/mol. The normalized spacial score (nSPS) is 16.6. The van der Waals surface area contributed by atoms with Crippen LogP contribution in [0, 0.1) is 5.92 Å². The highest BCUT2D eigenvalue weighted by molar-refractivity contribution is 5.95. The number of nitrogens with zero attached hydrogens (tertiary/aromatic N) is 1. The maximum atomic E-state index is 12.2. The van der Waals surface area contributed by atoms with Gasteiger partial charge in [-0.15, -0.1) is 0 Å². The molecule has 1 aromatic rings. The zero-order chi connectivity index (χ0) is 13.7. The van der Waals surface area contributed by atoms with Crippen molar-refractivity contribution in [2.45, 2.75) is 32.6 Å². The number of aromatic nitrogens is 1. The van der Waals surface area contributed by atoms with Crippen molar-refractivity contribution < 1.29 is 9.53 Å². The van der Waals surface area contributed by atoms with E-state index in [4.69, 9.17) is 4.74 Å². The second-order valence-corrected chi connectivity index (χ2v) is 5.38. The van der Waals surface area contributed by atoms with E-state index in [9.17, 15) is 4.79 Å². The number of carbonyl (C=O) groups excluding carboxylic acids is 1. The van der Waals surface area contributed by atoms with Crippen LogP contribution in [0.15, 0.2) is 18.5 Å². The predicted molar refractivity (Wildman–Crippen MR) is 74.2 cm³/mol. The zero-order valence-corrected chi connectivity index (χ0v) is 11.7. The molecular formula is C15H22N2O2. The van der Waals surface area contributed by atoms with E-state index < -0.39 is 0 Å². The van der Waals surface area contributed by atoms with Crippen LogP contribution in [0.25, 0.3) is 0 Å². The number of pyridine rings is 1. The quantitative estimate of drug-likeness (QED) is 0.906. The Bertz CT molecular complexity index is 426. The van der Waals surface area contributed by atoms with Gasteiger partial charge in [-0.05, 0) is 36.3 Å². The Morgan fingerprint density at radius 1 is 1.47 bits per heavy atom. The maximum absolute atomic E-state index is 12.2. The van der Waals surface area contributed by atoms with Crippen molar-refractivity contribution in [3.8, 4) is 0 Å². The summed E-state index contributed by atoms with van der Waals surface area (Å²) in [5, 5.41) is 3.03. The number of hydrogen-bond acceptors (Lipinski definition) is 3. The van der Waals surface area contributed by atoms with Crippen LogP contribution < -0.4 is 5.32 Å². The SMILES string of the molecule is CC(C)c1ccncc1C(=O)NCC1CCOCC1. The van der Waals surface area contributed by atoms with E-state index in [1.807, 2.05) is 6.07 Å². The minimum atomic E-state index is -0.0108. The molecule has 1 aliphatic rings. The molecule has 2 rings (SSSR count). The van der Waals surface area contributed by atoms with Crippen LogP contribution in [0.4, 0.5) is 0 Å². The summed E-state index contributed by atoms with van der Waals surface area (Å²) in [6.07, 6.45) is 5.47. The Labute approximate surface area is 114 Å². The second-order valence-electron chi connectivity index (χ2n) is 5.38. The van der Waals surface area contributed by atoms with Gasteiger partial charge in [-0.25, -0.2) is 0 Å². The van der Waals surface area contributed by atoms with Gasteiger partial charge in [0, 0.05) is 32.2 Å². The Balaban J connectivity index is 1.95. The molecule has 4 heteroatoms. The second kappa shape index (κ2) is 6.66. The molecule has 0 saturated carbocycles. The lowest BCUT2D eigenvalue weighted by molar-refractivity contribution is 0.0642. The molecule has 104 valence electrons. The van der Waals surface area contributed by atoms with Crippen molar-refractivity contribution in [2.75, 3.05) is 19.8 Å². The molecule has 1 aliphatic heterocycles. The first-order chi connectivity index (χ1) is 9.18.